The lowest BCUT2D eigenvalue weighted by Gasteiger charge is -2.34. The molecule has 1 saturated heterocycles. The van der Waals surface area contributed by atoms with E-state index in [0.717, 1.165) is 25.0 Å². The zero-order valence-corrected chi connectivity index (χ0v) is 13.0. The van der Waals surface area contributed by atoms with Crippen molar-refractivity contribution in [1.82, 2.24) is 4.90 Å². The maximum absolute atomic E-state index is 12.5. The fraction of sp³-hybridized carbons (Fsp3) is 0.562. The second-order valence-corrected chi connectivity index (χ2v) is 5.91. The van der Waals surface area contributed by atoms with Crippen molar-refractivity contribution in [2.45, 2.75) is 32.0 Å². The maximum atomic E-state index is 12.5. The van der Waals surface area contributed by atoms with Gasteiger partial charge in [-0.3, -0.25) is 4.79 Å². The van der Waals surface area contributed by atoms with Crippen molar-refractivity contribution in [3.63, 3.8) is 0 Å². The molecule has 1 aliphatic rings. The summed E-state index contributed by atoms with van der Waals surface area (Å²) in [5, 5.41) is 0. The summed E-state index contributed by atoms with van der Waals surface area (Å²) >= 11 is 0. The lowest BCUT2D eigenvalue weighted by molar-refractivity contribution is -0.138. The molecule has 128 valence electrons. The summed E-state index contributed by atoms with van der Waals surface area (Å²) < 4.78 is 42.7. The highest BCUT2D eigenvalue weighted by Crippen LogP contribution is 2.30. The van der Waals surface area contributed by atoms with Gasteiger partial charge in [0.25, 0.3) is 5.91 Å². The van der Waals surface area contributed by atoms with Crippen LogP contribution in [0.3, 0.4) is 0 Å². The van der Waals surface area contributed by atoms with Crippen LogP contribution in [-0.2, 0) is 11.0 Å². The predicted molar refractivity (Wildman–Crippen MR) is 79.9 cm³/mol. The SMILES string of the molecule is C[C@H](N)[C@H]1CCCN(C(=O)COc2ccc(C(F)(F)F)cc2)C1. The molecule has 1 aromatic carbocycles. The molecule has 1 fully saturated rings. The minimum absolute atomic E-state index is 0.0291. The second kappa shape index (κ2) is 7.21. The molecule has 1 aromatic rings. The molecular weight excluding hydrogens is 309 g/mol. The molecule has 0 aromatic heterocycles. The summed E-state index contributed by atoms with van der Waals surface area (Å²) in [5.41, 5.74) is 5.14. The first-order valence-electron chi connectivity index (χ1n) is 7.61. The van der Waals surface area contributed by atoms with E-state index < -0.39 is 11.7 Å². The van der Waals surface area contributed by atoms with Crippen LogP contribution in [0.25, 0.3) is 0 Å². The number of carbonyl (C=O) groups excluding carboxylic acids is 1. The molecule has 4 nitrogen and oxygen atoms in total. The van der Waals surface area contributed by atoms with Crippen LogP contribution in [0.2, 0.25) is 0 Å². The Balaban J connectivity index is 1.86. The number of hydrogen-bond acceptors (Lipinski definition) is 3. The van der Waals surface area contributed by atoms with Gasteiger partial charge < -0.3 is 15.4 Å². The number of halogens is 3. The molecule has 1 heterocycles. The standard InChI is InChI=1S/C16H21F3N2O2/c1-11(20)12-3-2-8-21(9-12)15(22)10-23-14-6-4-13(5-7-14)16(17,18)19/h4-7,11-12H,2-3,8-10,20H2,1H3/t11-,12-/m0/s1. The normalized spacial score (nSPS) is 20.2. The van der Waals surface area contributed by atoms with E-state index in [1.54, 1.807) is 4.90 Å². The van der Waals surface area contributed by atoms with Crippen molar-refractivity contribution >= 4 is 5.91 Å². The Morgan fingerprint density at radius 3 is 2.61 bits per heavy atom. The van der Waals surface area contributed by atoms with Gasteiger partial charge in [0.05, 0.1) is 5.56 Å². The van der Waals surface area contributed by atoms with Crippen LogP contribution in [0.4, 0.5) is 13.2 Å². The van der Waals surface area contributed by atoms with Gasteiger partial charge >= 0.3 is 6.18 Å². The number of alkyl halides is 3. The topological polar surface area (TPSA) is 55.6 Å². The number of hydrogen-bond donors (Lipinski definition) is 1. The highest BCUT2D eigenvalue weighted by atomic mass is 19.4. The van der Waals surface area contributed by atoms with E-state index in [1.807, 2.05) is 6.92 Å². The van der Waals surface area contributed by atoms with E-state index in [1.165, 1.54) is 12.1 Å². The van der Waals surface area contributed by atoms with Crippen molar-refractivity contribution in [1.29, 1.82) is 0 Å². The first kappa shape index (κ1) is 17.6. The monoisotopic (exact) mass is 330 g/mol. The van der Waals surface area contributed by atoms with E-state index in [2.05, 4.69) is 0 Å². The highest BCUT2D eigenvalue weighted by Gasteiger charge is 2.30. The molecule has 0 unspecified atom stereocenters. The lowest BCUT2D eigenvalue weighted by Crippen LogP contribution is -2.46. The van der Waals surface area contributed by atoms with Crippen LogP contribution >= 0.6 is 0 Å². The first-order chi connectivity index (χ1) is 10.8. The van der Waals surface area contributed by atoms with Gasteiger partial charge in [-0.2, -0.15) is 13.2 Å². The largest absolute Gasteiger partial charge is 0.484 e. The van der Waals surface area contributed by atoms with Crippen molar-refractivity contribution in [3.05, 3.63) is 29.8 Å². The number of amides is 1. The Labute approximate surface area is 133 Å². The van der Waals surface area contributed by atoms with E-state index in [4.69, 9.17) is 10.5 Å². The van der Waals surface area contributed by atoms with Crippen LogP contribution in [0.15, 0.2) is 24.3 Å². The molecule has 2 rings (SSSR count). The molecule has 0 spiro atoms. The van der Waals surface area contributed by atoms with E-state index >= 15 is 0 Å². The van der Waals surface area contributed by atoms with Crippen LogP contribution in [0.5, 0.6) is 5.75 Å². The Morgan fingerprint density at radius 1 is 1.39 bits per heavy atom. The van der Waals surface area contributed by atoms with E-state index in [0.29, 0.717) is 13.1 Å². The van der Waals surface area contributed by atoms with Gasteiger partial charge in [-0.1, -0.05) is 0 Å². The summed E-state index contributed by atoms with van der Waals surface area (Å²) in [7, 11) is 0. The number of ether oxygens (including phenoxy) is 1. The van der Waals surface area contributed by atoms with Crippen molar-refractivity contribution < 1.29 is 22.7 Å². The molecule has 0 aliphatic carbocycles. The summed E-state index contributed by atoms with van der Waals surface area (Å²) in [6.45, 7) is 3.01. The van der Waals surface area contributed by atoms with Crippen molar-refractivity contribution in [3.8, 4) is 5.75 Å². The summed E-state index contributed by atoms with van der Waals surface area (Å²) in [5.74, 6) is 0.348. The maximum Gasteiger partial charge on any atom is 0.416 e. The number of rotatable bonds is 4. The Bertz CT molecular complexity index is 529. The van der Waals surface area contributed by atoms with E-state index in [9.17, 15) is 18.0 Å². The number of nitrogens with zero attached hydrogens (tertiary/aromatic N) is 1. The minimum Gasteiger partial charge on any atom is -0.484 e. The molecule has 7 heteroatoms. The van der Waals surface area contributed by atoms with Gasteiger partial charge in [-0.15, -0.1) is 0 Å². The number of carbonyl (C=O) groups is 1. The summed E-state index contributed by atoms with van der Waals surface area (Å²) in [6.07, 6.45) is -2.48. The van der Waals surface area contributed by atoms with Gasteiger partial charge in [-0.25, -0.2) is 0 Å². The Kier molecular flexibility index (Phi) is 5.51. The smallest absolute Gasteiger partial charge is 0.416 e. The summed E-state index contributed by atoms with van der Waals surface area (Å²) in [4.78, 5) is 13.9. The summed E-state index contributed by atoms with van der Waals surface area (Å²) in [6, 6.07) is 4.34. The van der Waals surface area contributed by atoms with E-state index in [-0.39, 0.29) is 30.2 Å². The third kappa shape index (κ3) is 4.86. The highest BCUT2D eigenvalue weighted by molar-refractivity contribution is 5.77. The number of likely N-dealkylation sites (tertiary alicyclic amines) is 1. The fourth-order valence-corrected chi connectivity index (χ4v) is 2.64. The third-order valence-electron chi connectivity index (χ3n) is 4.10. The van der Waals surface area contributed by atoms with Crippen LogP contribution in [-0.4, -0.2) is 36.5 Å². The average Bonchev–Trinajstić information content (AvgIpc) is 2.52. The zero-order chi connectivity index (χ0) is 17.0. The fourth-order valence-electron chi connectivity index (χ4n) is 2.64. The predicted octanol–water partition coefficient (Wildman–Crippen LogP) is 2.67. The molecule has 2 atom stereocenters. The molecule has 0 radical (unpaired) electrons. The van der Waals surface area contributed by atoms with Gasteiger partial charge in [-0.05, 0) is 49.9 Å². The number of benzene rings is 1. The molecule has 1 aliphatic heterocycles. The van der Waals surface area contributed by atoms with Crippen molar-refractivity contribution in [2.75, 3.05) is 19.7 Å². The Hall–Kier alpha value is -1.76. The first-order valence-corrected chi connectivity index (χ1v) is 7.61. The average molecular weight is 330 g/mol. The molecule has 2 N–H and O–H groups in total. The Morgan fingerprint density at radius 2 is 2.04 bits per heavy atom. The van der Waals surface area contributed by atoms with Crippen LogP contribution < -0.4 is 10.5 Å². The molecule has 1 amide bonds. The lowest BCUT2D eigenvalue weighted by atomic mass is 9.92. The van der Waals surface area contributed by atoms with Crippen LogP contribution in [0.1, 0.15) is 25.3 Å². The third-order valence-corrected chi connectivity index (χ3v) is 4.10. The van der Waals surface area contributed by atoms with Gasteiger partial charge in [0.2, 0.25) is 0 Å². The van der Waals surface area contributed by atoms with Gasteiger partial charge in [0, 0.05) is 19.1 Å². The number of nitrogens with two attached hydrogens (primary N) is 1. The molecule has 0 bridgehead atoms. The van der Waals surface area contributed by atoms with Crippen LogP contribution in [0, 0.1) is 5.92 Å². The van der Waals surface area contributed by atoms with Gasteiger partial charge in [0.15, 0.2) is 6.61 Å². The molecule has 0 saturated carbocycles. The van der Waals surface area contributed by atoms with Gasteiger partial charge in [0.1, 0.15) is 5.75 Å². The molecule has 23 heavy (non-hydrogen) atoms. The number of piperidine rings is 1. The minimum atomic E-state index is -4.38. The zero-order valence-electron chi connectivity index (χ0n) is 13.0. The second-order valence-electron chi connectivity index (χ2n) is 5.91. The van der Waals surface area contributed by atoms with Crippen molar-refractivity contribution in [2.24, 2.45) is 11.7 Å². The molecular formula is C16H21F3N2O2. The quantitative estimate of drug-likeness (QED) is 0.923.